The zero-order valence-electron chi connectivity index (χ0n) is 12.7. The van der Waals surface area contributed by atoms with Gasteiger partial charge in [0.2, 0.25) is 0 Å². The van der Waals surface area contributed by atoms with E-state index in [1.807, 2.05) is 11.3 Å². The fourth-order valence-electron chi connectivity index (χ4n) is 2.53. The van der Waals surface area contributed by atoms with Crippen molar-refractivity contribution in [2.75, 3.05) is 0 Å². The first-order valence-electron chi connectivity index (χ1n) is 7.62. The highest BCUT2D eigenvalue weighted by atomic mass is 32.1. The van der Waals surface area contributed by atoms with Gasteiger partial charge in [-0.15, -0.1) is 11.3 Å². The Bertz CT molecular complexity index is 487. The van der Waals surface area contributed by atoms with Gasteiger partial charge in [0, 0.05) is 17.0 Å². The molecule has 0 aliphatic rings. The Labute approximate surface area is 127 Å². The maximum absolute atomic E-state index is 3.78. The van der Waals surface area contributed by atoms with E-state index < -0.39 is 0 Å². The third kappa shape index (κ3) is 3.94. The van der Waals surface area contributed by atoms with Gasteiger partial charge in [-0.05, 0) is 42.3 Å². The molecule has 0 aliphatic heterocycles. The second-order valence-corrected chi connectivity index (χ2v) is 6.32. The molecule has 2 heteroatoms. The van der Waals surface area contributed by atoms with E-state index in [0.29, 0.717) is 12.1 Å². The minimum absolute atomic E-state index is 0.388. The van der Waals surface area contributed by atoms with Gasteiger partial charge < -0.3 is 5.32 Å². The van der Waals surface area contributed by atoms with E-state index in [0.717, 1.165) is 6.42 Å². The molecule has 0 saturated carbocycles. The third-order valence-corrected chi connectivity index (χ3v) is 4.79. The number of benzene rings is 1. The van der Waals surface area contributed by atoms with Crippen molar-refractivity contribution in [2.24, 2.45) is 0 Å². The van der Waals surface area contributed by atoms with Gasteiger partial charge >= 0.3 is 0 Å². The molecule has 0 spiro atoms. The lowest BCUT2D eigenvalue weighted by molar-refractivity contribution is 0.445. The van der Waals surface area contributed by atoms with Gasteiger partial charge in [0.15, 0.2) is 0 Å². The predicted octanol–water partition coefficient (Wildman–Crippen LogP) is 5.50. The lowest BCUT2D eigenvalue weighted by Gasteiger charge is -2.23. The molecular formula is C18H25NS. The Morgan fingerprint density at radius 3 is 2.40 bits per heavy atom. The van der Waals surface area contributed by atoms with Gasteiger partial charge in [0.05, 0.1) is 0 Å². The van der Waals surface area contributed by atoms with Crippen LogP contribution in [-0.4, -0.2) is 0 Å². The molecule has 0 fully saturated rings. The summed E-state index contributed by atoms with van der Waals surface area (Å²) in [5.41, 5.74) is 2.78. The quantitative estimate of drug-likeness (QED) is 0.708. The molecule has 2 aromatic rings. The average molecular weight is 287 g/mol. The van der Waals surface area contributed by atoms with Gasteiger partial charge in [0.25, 0.3) is 0 Å². The van der Waals surface area contributed by atoms with Gasteiger partial charge in [0.1, 0.15) is 0 Å². The molecule has 1 aromatic carbocycles. The van der Waals surface area contributed by atoms with Crippen LogP contribution in [-0.2, 0) is 6.42 Å². The zero-order valence-corrected chi connectivity index (χ0v) is 13.5. The summed E-state index contributed by atoms with van der Waals surface area (Å²) in [5, 5.41) is 5.95. The molecule has 0 amide bonds. The fourth-order valence-corrected chi connectivity index (χ4v) is 3.35. The molecule has 108 valence electrons. The minimum atomic E-state index is 0.388. The molecule has 2 unspecified atom stereocenters. The van der Waals surface area contributed by atoms with Gasteiger partial charge in [-0.25, -0.2) is 0 Å². The molecule has 1 nitrogen and oxygen atoms in total. The van der Waals surface area contributed by atoms with Crippen LogP contribution >= 0.6 is 11.3 Å². The van der Waals surface area contributed by atoms with E-state index in [1.165, 1.54) is 28.8 Å². The van der Waals surface area contributed by atoms with Crippen LogP contribution in [0.25, 0.3) is 0 Å². The predicted molar refractivity (Wildman–Crippen MR) is 89.3 cm³/mol. The van der Waals surface area contributed by atoms with Crippen molar-refractivity contribution in [2.45, 2.75) is 52.1 Å². The van der Waals surface area contributed by atoms with E-state index in [9.17, 15) is 0 Å². The van der Waals surface area contributed by atoms with Crippen molar-refractivity contribution in [3.63, 3.8) is 0 Å². The van der Waals surface area contributed by atoms with Crippen molar-refractivity contribution in [1.29, 1.82) is 0 Å². The first kappa shape index (κ1) is 15.3. The van der Waals surface area contributed by atoms with E-state index in [1.54, 1.807) is 0 Å². The summed E-state index contributed by atoms with van der Waals surface area (Å²) in [7, 11) is 0. The summed E-state index contributed by atoms with van der Waals surface area (Å²) < 4.78 is 0. The standard InChI is InChI=1S/C18H25NS/c1-4-7-17(18-8-6-13-20-18)19-14(3)16-11-9-15(5-2)10-12-16/h6,8-14,17,19H,4-5,7H2,1-3H3. The monoisotopic (exact) mass is 287 g/mol. The first-order chi connectivity index (χ1) is 9.74. The number of hydrogen-bond acceptors (Lipinski definition) is 2. The van der Waals surface area contributed by atoms with Crippen LogP contribution in [0.15, 0.2) is 41.8 Å². The Morgan fingerprint density at radius 2 is 1.85 bits per heavy atom. The fraction of sp³-hybridized carbons (Fsp3) is 0.444. The number of hydrogen-bond donors (Lipinski definition) is 1. The van der Waals surface area contributed by atoms with E-state index in [-0.39, 0.29) is 0 Å². The molecule has 0 radical (unpaired) electrons. The van der Waals surface area contributed by atoms with Crippen molar-refractivity contribution < 1.29 is 0 Å². The maximum Gasteiger partial charge on any atom is 0.0419 e. The molecule has 1 N–H and O–H groups in total. The number of aryl methyl sites for hydroxylation is 1. The van der Waals surface area contributed by atoms with Gasteiger partial charge in [-0.3, -0.25) is 0 Å². The molecule has 0 bridgehead atoms. The lowest BCUT2D eigenvalue weighted by atomic mass is 10.0. The lowest BCUT2D eigenvalue weighted by Crippen LogP contribution is -2.24. The summed E-state index contributed by atoms with van der Waals surface area (Å²) in [6.45, 7) is 6.71. The Morgan fingerprint density at radius 1 is 1.10 bits per heavy atom. The van der Waals surface area contributed by atoms with E-state index in [2.05, 4.69) is 67.9 Å². The van der Waals surface area contributed by atoms with Gasteiger partial charge in [-0.1, -0.05) is 50.6 Å². The summed E-state index contributed by atoms with van der Waals surface area (Å²) in [5.74, 6) is 0. The second kappa shape index (κ2) is 7.61. The van der Waals surface area contributed by atoms with E-state index >= 15 is 0 Å². The molecule has 1 heterocycles. The Kier molecular flexibility index (Phi) is 5.81. The molecule has 2 rings (SSSR count). The Balaban J connectivity index is 2.05. The molecule has 20 heavy (non-hydrogen) atoms. The molecule has 1 aromatic heterocycles. The summed E-state index contributed by atoms with van der Waals surface area (Å²) >= 11 is 1.85. The maximum atomic E-state index is 3.78. The SMILES string of the molecule is CCCC(NC(C)c1ccc(CC)cc1)c1cccs1. The highest BCUT2D eigenvalue weighted by Gasteiger charge is 2.15. The molecular weight excluding hydrogens is 262 g/mol. The second-order valence-electron chi connectivity index (χ2n) is 5.34. The number of rotatable bonds is 7. The van der Waals surface area contributed by atoms with Gasteiger partial charge in [-0.2, -0.15) is 0 Å². The topological polar surface area (TPSA) is 12.0 Å². The van der Waals surface area contributed by atoms with Crippen molar-refractivity contribution in [3.8, 4) is 0 Å². The molecule has 0 aliphatic carbocycles. The van der Waals surface area contributed by atoms with Crippen LogP contribution in [0.4, 0.5) is 0 Å². The highest BCUT2D eigenvalue weighted by Crippen LogP contribution is 2.26. The zero-order chi connectivity index (χ0) is 14.4. The number of nitrogens with one attached hydrogen (secondary N) is 1. The highest BCUT2D eigenvalue weighted by molar-refractivity contribution is 7.10. The summed E-state index contributed by atoms with van der Waals surface area (Å²) in [6, 6.07) is 14.2. The number of thiophene rings is 1. The van der Waals surface area contributed by atoms with E-state index in [4.69, 9.17) is 0 Å². The van der Waals surface area contributed by atoms with Crippen LogP contribution in [0.2, 0.25) is 0 Å². The summed E-state index contributed by atoms with van der Waals surface area (Å²) in [6.07, 6.45) is 3.50. The van der Waals surface area contributed by atoms with Crippen molar-refractivity contribution >= 4 is 11.3 Å². The first-order valence-corrected chi connectivity index (χ1v) is 8.50. The molecule has 2 atom stereocenters. The largest absolute Gasteiger partial charge is 0.303 e. The Hall–Kier alpha value is -1.12. The smallest absolute Gasteiger partial charge is 0.0419 e. The van der Waals surface area contributed by atoms with Crippen LogP contribution in [0.5, 0.6) is 0 Å². The van der Waals surface area contributed by atoms with Crippen molar-refractivity contribution in [3.05, 3.63) is 57.8 Å². The third-order valence-electron chi connectivity index (χ3n) is 3.80. The minimum Gasteiger partial charge on any atom is -0.303 e. The van der Waals surface area contributed by atoms with Crippen LogP contribution in [0.1, 0.15) is 61.7 Å². The average Bonchev–Trinajstić information content (AvgIpc) is 3.01. The summed E-state index contributed by atoms with van der Waals surface area (Å²) in [4.78, 5) is 1.45. The molecule has 0 saturated heterocycles. The van der Waals surface area contributed by atoms with Crippen LogP contribution < -0.4 is 5.32 Å². The normalized spacial score (nSPS) is 14.2. The van der Waals surface area contributed by atoms with Crippen LogP contribution in [0, 0.1) is 0 Å². The van der Waals surface area contributed by atoms with Crippen LogP contribution in [0.3, 0.4) is 0 Å². The van der Waals surface area contributed by atoms with Crippen molar-refractivity contribution in [1.82, 2.24) is 5.32 Å².